The number of nitrogens with one attached hydrogen (secondary N) is 1. The summed E-state index contributed by atoms with van der Waals surface area (Å²) in [5.41, 5.74) is 2.16. The molecule has 0 aromatic heterocycles. The molecule has 0 spiro atoms. The van der Waals surface area contributed by atoms with E-state index in [0.717, 1.165) is 15.7 Å². The molecule has 0 heterocycles. The number of rotatable bonds is 3. The zero-order chi connectivity index (χ0) is 12.5. The Hall–Kier alpha value is -0.640. The highest BCUT2D eigenvalue weighted by Gasteiger charge is 2.39. The maximum absolute atomic E-state index is 13.0. The number of hydrogen-bond acceptors (Lipinski definition) is 1. The first-order valence-corrected chi connectivity index (χ1v) is 6.63. The van der Waals surface area contributed by atoms with Gasteiger partial charge in [-0.2, -0.15) is 0 Å². The smallest absolute Gasteiger partial charge is 0.248 e. The van der Waals surface area contributed by atoms with Crippen molar-refractivity contribution in [1.82, 2.24) is 0 Å². The van der Waals surface area contributed by atoms with Crippen LogP contribution >= 0.6 is 15.9 Å². The highest BCUT2D eigenvalue weighted by molar-refractivity contribution is 9.10. The summed E-state index contributed by atoms with van der Waals surface area (Å²) in [5.74, 6) is -2.36. The lowest BCUT2D eigenvalue weighted by Gasteiger charge is -2.14. The van der Waals surface area contributed by atoms with Gasteiger partial charge in [-0.05, 0) is 37.0 Å². The van der Waals surface area contributed by atoms with Gasteiger partial charge >= 0.3 is 0 Å². The second-order valence-electron chi connectivity index (χ2n) is 4.80. The minimum absolute atomic E-state index is 0.0209. The van der Waals surface area contributed by atoms with Crippen molar-refractivity contribution in [3.8, 4) is 0 Å². The lowest BCUT2D eigenvalue weighted by Crippen LogP contribution is -2.15. The molecule has 1 aliphatic rings. The van der Waals surface area contributed by atoms with Crippen molar-refractivity contribution in [2.45, 2.75) is 32.1 Å². The van der Waals surface area contributed by atoms with Gasteiger partial charge in [0.05, 0.1) is 0 Å². The van der Waals surface area contributed by atoms with Crippen molar-refractivity contribution < 1.29 is 8.78 Å². The highest BCUT2D eigenvalue weighted by Crippen LogP contribution is 2.38. The SMILES string of the molecule is Cc1ccc(Br)cc1NCC1CCC(F)(F)C1. The Bertz CT molecular complexity index is 406. The van der Waals surface area contributed by atoms with Crippen LogP contribution in [-0.2, 0) is 0 Å². The summed E-state index contributed by atoms with van der Waals surface area (Å²) in [6.07, 6.45) is 0.677. The third-order valence-electron chi connectivity index (χ3n) is 3.29. The van der Waals surface area contributed by atoms with E-state index in [1.807, 2.05) is 25.1 Å². The predicted octanol–water partition coefficient (Wildman–Crippen LogP) is 4.60. The van der Waals surface area contributed by atoms with Gasteiger partial charge in [-0.1, -0.05) is 22.0 Å². The van der Waals surface area contributed by atoms with Crippen LogP contribution in [0.4, 0.5) is 14.5 Å². The lowest BCUT2D eigenvalue weighted by molar-refractivity contribution is 0.00556. The number of hydrogen-bond donors (Lipinski definition) is 1. The molecule has 1 aliphatic carbocycles. The molecule has 1 unspecified atom stereocenters. The molecule has 1 aromatic carbocycles. The molecule has 94 valence electrons. The summed E-state index contributed by atoms with van der Waals surface area (Å²) in [4.78, 5) is 0. The molecular formula is C13H16BrF2N. The van der Waals surface area contributed by atoms with E-state index in [1.54, 1.807) is 0 Å². The maximum atomic E-state index is 13.0. The maximum Gasteiger partial charge on any atom is 0.248 e. The molecule has 1 fully saturated rings. The van der Waals surface area contributed by atoms with Crippen molar-refractivity contribution in [3.05, 3.63) is 28.2 Å². The number of aryl methyl sites for hydroxylation is 1. The number of alkyl halides is 2. The number of benzene rings is 1. The van der Waals surface area contributed by atoms with Crippen LogP contribution in [0.15, 0.2) is 22.7 Å². The quantitative estimate of drug-likeness (QED) is 0.860. The lowest BCUT2D eigenvalue weighted by atomic mass is 10.1. The van der Waals surface area contributed by atoms with Crippen molar-refractivity contribution in [2.75, 3.05) is 11.9 Å². The van der Waals surface area contributed by atoms with Crippen LogP contribution in [0.1, 0.15) is 24.8 Å². The molecule has 2 rings (SSSR count). The topological polar surface area (TPSA) is 12.0 Å². The van der Waals surface area contributed by atoms with Crippen molar-refractivity contribution in [1.29, 1.82) is 0 Å². The van der Waals surface area contributed by atoms with Crippen LogP contribution in [0.2, 0.25) is 0 Å². The molecule has 1 aromatic rings. The minimum Gasteiger partial charge on any atom is -0.385 e. The van der Waals surface area contributed by atoms with Gasteiger partial charge in [-0.3, -0.25) is 0 Å². The Morgan fingerprint density at radius 3 is 2.88 bits per heavy atom. The number of anilines is 1. The average molecular weight is 304 g/mol. The van der Waals surface area contributed by atoms with Gasteiger partial charge in [-0.25, -0.2) is 8.78 Å². The van der Waals surface area contributed by atoms with E-state index >= 15 is 0 Å². The second-order valence-corrected chi connectivity index (χ2v) is 5.72. The first kappa shape index (κ1) is 12.8. The normalized spacial score (nSPS) is 22.7. The molecule has 1 atom stereocenters. The van der Waals surface area contributed by atoms with Crippen molar-refractivity contribution in [3.63, 3.8) is 0 Å². The Balaban J connectivity index is 1.92. The summed E-state index contributed by atoms with van der Waals surface area (Å²) < 4.78 is 27.1. The average Bonchev–Trinajstić information content (AvgIpc) is 2.60. The Labute approximate surface area is 109 Å². The molecule has 1 nitrogen and oxygen atoms in total. The molecule has 1 N–H and O–H groups in total. The van der Waals surface area contributed by atoms with E-state index in [0.29, 0.717) is 13.0 Å². The van der Waals surface area contributed by atoms with E-state index in [9.17, 15) is 8.78 Å². The van der Waals surface area contributed by atoms with Gasteiger partial charge in [0.1, 0.15) is 0 Å². The van der Waals surface area contributed by atoms with Gasteiger partial charge in [0.25, 0.3) is 0 Å². The van der Waals surface area contributed by atoms with E-state index in [1.165, 1.54) is 0 Å². The molecule has 0 aliphatic heterocycles. The van der Waals surface area contributed by atoms with Crippen LogP contribution in [0.25, 0.3) is 0 Å². The fraction of sp³-hybridized carbons (Fsp3) is 0.538. The van der Waals surface area contributed by atoms with Crippen LogP contribution < -0.4 is 5.32 Å². The molecule has 0 radical (unpaired) electrons. The van der Waals surface area contributed by atoms with E-state index < -0.39 is 5.92 Å². The molecule has 0 amide bonds. The fourth-order valence-electron chi connectivity index (χ4n) is 2.25. The Morgan fingerprint density at radius 2 is 2.24 bits per heavy atom. The number of halogens is 3. The summed E-state index contributed by atoms with van der Waals surface area (Å²) in [6.45, 7) is 2.64. The van der Waals surface area contributed by atoms with E-state index in [2.05, 4.69) is 21.2 Å². The molecule has 0 bridgehead atoms. The molecule has 4 heteroatoms. The third-order valence-corrected chi connectivity index (χ3v) is 3.78. The van der Waals surface area contributed by atoms with Gasteiger partial charge in [-0.15, -0.1) is 0 Å². The molecule has 17 heavy (non-hydrogen) atoms. The van der Waals surface area contributed by atoms with Crippen LogP contribution in [-0.4, -0.2) is 12.5 Å². The zero-order valence-electron chi connectivity index (χ0n) is 9.77. The van der Waals surface area contributed by atoms with Gasteiger partial charge < -0.3 is 5.32 Å². The van der Waals surface area contributed by atoms with Crippen molar-refractivity contribution >= 4 is 21.6 Å². The largest absolute Gasteiger partial charge is 0.385 e. The van der Waals surface area contributed by atoms with Crippen LogP contribution in [0.5, 0.6) is 0 Å². The van der Waals surface area contributed by atoms with Crippen LogP contribution in [0.3, 0.4) is 0 Å². The van der Waals surface area contributed by atoms with Gasteiger partial charge in [0.15, 0.2) is 0 Å². The highest BCUT2D eigenvalue weighted by atomic mass is 79.9. The summed E-state index contributed by atoms with van der Waals surface area (Å²) in [5, 5.41) is 3.27. The zero-order valence-corrected chi connectivity index (χ0v) is 11.4. The Kier molecular flexibility index (Phi) is 3.71. The minimum atomic E-state index is -2.45. The molecule has 0 saturated heterocycles. The first-order chi connectivity index (χ1) is 7.96. The monoisotopic (exact) mass is 303 g/mol. The van der Waals surface area contributed by atoms with Crippen LogP contribution in [0, 0.1) is 12.8 Å². The summed E-state index contributed by atoms with van der Waals surface area (Å²) in [7, 11) is 0. The first-order valence-electron chi connectivity index (χ1n) is 5.84. The molecule has 1 saturated carbocycles. The third kappa shape index (κ3) is 3.41. The van der Waals surface area contributed by atoms with Crippen molar-refractivity contribution in [2.24, 2.45) is 5.92 Å². The molecular weight excluding hydrogens is 288 g/mol. The predicted molar refractivity (Wildman–Crippen MR) is 69.7 cm³/mol. The fourth-order valence-corrected chi connectivity index (χ4v) is 2.62. The Morgan fingerprint density at radius 1 is 1.47 bits per heavy atom. The van der Waals surface area contributed by atoms with Gasteiger partial charge in [0, 0.05) is 29.5 Å². The summed E-state index contributed by atoms with van der Waals surface area (Å²) >= 11 is 3.41. The second kappa shape index (κ2) is 4.92. The van der Waals surface area contributed by atoms with E-state index in [4.69, 9.17) is 0 Å². The summed E-state index contributed by atoms with van der Waals surface area (Å²) in [6, 6.07) is 5.97. The van der Waals surface area contributed by atoms with Gasteiger partial charge in [0.2, 0.25) is 5.92 Å². The standard InChI is InChI=1S/C13H16BrF2N/c1-9-2-3-11(14)6-12(9)17-8-10-4-5-13(15,16)7-10/h2-3,6,10,17H,4-5,7-8H2,1H3. The van der Waals surface area contributed by atoms with E-state index in [-0.39, 0.29) is 18.8 Å².